The van der Waals surface area contributed by atoms with Crippen LogP contribution in [0.2, 0.25) is 0 Å². The molecule has 1 heterocycles. The Kier molecular flexibility index (Phi) is 5.60. The molecule has 0 aliphatic carbocycles. The van der Waals surface area contributed by atoms with Crippen LogP contribution in [0.25, 0.3) is 0 Å². The molecule has 0 saturated carbocycles. The van der Waals surface area contributed by atoms with Crippen LogP contribution in [0.1, 0.15) is 24.1 Å². The van der Waals surface area contributed by atoms with Crippen molar-refractivity contribution in [3.63, 3.8) is 0 Å². The molecule has 0 spiro atoms. The minimum absolute atomic E-state index is 0.0573. The van der Waals surface area contributed by atoms with Gasteiger partial charge in [0.1, 0.15) is 0 Å². The highest BCUT2D eigenvalue weighted by atomic mass is 79.9. The monoisotopic (exact) mass is 445 g/mol. The zero-order valence-corrected chi connectivity index (χ0v) is 17.2. The van der Waals surface area contributed by atoms with Crippen molar-refractivity contribution in [1.29, 1.82) is 0 Å². The number of ether oxygens (including phenoxy) is 1. The number of aryl methyl sites for hydroxylation is 1. The summed E-state index contributed by atoms with van der Waals surface area (Å²) in [6.45, 7) is 3.57. The summed E-state index contributed by atoms with van der Waals surface area (Å²) in [5.74, 6) is -0.168. The summed E-state index contributed by atoms with van der Waals surface area (Å²) >= 11 is 3.28. The van der Waals surface area contributed by atoms with Gasteiger partial charge in [-0.2, -0.15) is 0 Å². The van der Waals surface area contributed by atoms with Crippen LogP contribution in [0.15, 0.2) is 52.1 Å². The van der Waals surface area contributed by atoms with Gasteiger partial charge in [0.05, 0.1) is 23.2 Å². The van der Waals surface area contributed by atoms with E-state index in [1.165, 1.54) is 7.11 Å². The number of halogens is 1. The van der Waals surface area contributed by atoms with Gasteiger partial charge in [0, 0.05) is 11.4 Å². The number of para-hydroxylation sites is 1. The second-order valence-electron chi connectivity index (χ2n) is 6.39. The molecule has 2 aromatic carbocycles. The normalized spacial score (nSPS) is 16.3. The summed E-state index contributed by atoms with van der Waals surface area (Å²) in [6, 6.07) is 9.53. The Bertz CT molecular complexity index is 987. The third-order valence-electron chi connectivity index (χ3n) is 4.51. The van der Waals surface area contributed by atoms with E-state index in [9.17, 15) is 14.7 Å². The van der Waals surface area contributed by atoms with Crippen LogP contribution in [-0.4, -0.2) is 24.2 Å². The van der Waals surface area contributed by atoms with Gasteiger partial charge < -0.3 is 25.8 Å². The third kappa shape index (κ3) is 3.82. The average molecular weight is 446 g/mol. The van der Waals surface area contributed by atoms with E-state index in [0.717, 1.165) is 5.56 Å². The van der Waals surface area contributed by atoms with Crippen molar-refractivity contribution in [3.05, 3.63) is 63.3 Å². The number of nitrogens with one attached hydrogen (secondary N) is 3. The summed E-state index contributed by atoms with van der Waals surface area (Å²) in [5, 5.41) is 18.4. The molecule has 28 heavy (non-hydrogen) atoms. The molecule has 0 radical (unpaired) electrons. The predicted molar refractivity (Wildman–Crippen MR) is 109 cm³/mol. The Morgan fingerprint density at radius 1 is 1.25 bits per heavy atom. The summed E-state index contributed by atoms with van der Waals surface area (Å²) in [6.07, 6.45) is 0. The number of phenolic OH excluding ortho intramolecular Hbond substituents is 1. The van der Waals surface area contributed by atoms with Crippen LogP contribution >= 0.6 is 15.9 Å². The largest absolute Gasteiger partial charge is 0.503 e. The van der Waals surface area contributed by atoms with E-state index >= 15 is 0 Å². The lowest BCUT2D eigenvalue weighted by Gasteiger charge is -2.29. The highest BCUT2D eigenvalue weighted by molar-refractivity contribution is 9.10. The first-order valence-electron chi connectivity index (χ1n) is 8.53. The van der Waals surface area contributed by atoms with E-state index < -0.39 is 12.1 Å². The van der Waals surface area contributed by atoms with E-state index in [2.05, 4.69) is 31.9 Å². The number of urea groups is 1. The molecule has 0 fully saturated rings. The van der Waals surface area contributed by atoms with Crippen molar-refractivity contribution in [2.24, 2.45) is 0 Å². The Morgan fingerprint density at radius 2 is 1.96 bits per heavy atom. The molecule has 8 heteroatoms. The van der Waals surface area contributed by atoms with Crippen molar-refractivity contribution in [3.8, 4) is 11.5 Å². The van der Waals surface area contributed by atoms with Crippen molar-refractivity contribution in [2.75, 3.05) is 12.4 Å². The number of phenols is 1. The van der Waals surface area contributed by atoms with E-state index in [-0.39, 0.29) is 17.4 Å². The number of carbonyl (C=O) groups excluding carboxylic acids is 2. The number of allylic oxidation sites excluding steroid dienone is 1. The van der Waals surface area contributed by atoms with Gasteiger partial charge in [-0.1, -0.05) is 18.2 Å². The Morgan fingerprint density at radius 3 is 2.64 bits per heavy atom. The van der Waals surface area contributed by atoms with Crippen molar-refractivity contribution >= 4 is 33.6 Å². The zero-order valence-electron chi connectivity index (χ0n) is 15.6. The van der Waals surface area contributed by atoms with Crippen molar-refractivity contribution in [1.82, 2.24) is 10.6 Å². The molecule has 3 amide bonds. The van der Waals surface area contributed by atoms with E-state index in [1.54, 1.807) is 19.1 Å². The Hall–Kier alpha value is -3.00. The summed E-state index contributed by atoms with van der Waals surface area (Å²) in [7, 11) is 1.43. The first-order valence-corrected chi connectivity index (χ1v) is 9.32. The Labute approximate surface area is 170 Å². The predicted octanol–water partition coefficient (Wildman–Crippen LogP) is 3.74. The standard InChI is InChI=1S/C20H20BrN3O4/c1-10-6-4-5-7-14(10)23-19(26)16-11(2)22-20(27)24-17(16)12-8-13(21)18(25)15(9-12)28-3/h4-9,17,25H,1-3H3,(H,23,26)(H2,22,24,27)/t17-/m0/s1. The first kappa shape index (κ1) is 19.8. The first-order chi connectivity index (χ1) is 13.3. The van der Waals surface area contributed by atoms with Gasteiger partial charge in [-0.05, 0) is 59.1 Å². The molecular weight excluding hydrogens is 426 g/mol. The highest BCUT2D eigenvalue weighted by Crippen LogP contribution is 2.39. The van der Waals surface area contributed by atoms with Crippen LogP contribution in [0, 0.1) is 6.92 Å². The lowest BCUT2D eigenvalue weighted by molar-refractivity contribution is -0.113. The fourth-order valence-corrected chi connectivity index (χ4v) is 3.52. The van der Waals surface area contributed by atoms with Crippen LogP contribution in [0.3, 0.4) is 0 Å². The van der Waals surface area contributed by atoms with Gasteiger partial charge in [-0.15, -0.1) is 0 Å². The maximum Gasteiger partial charge on any atom is 0.319 e. The summed E-state index contributed by atoms with van der Waals surface area (Å²) in [4.78, 5) is 25.1. The lowest BCUT2D eigenvalue weighted by atomic mass is 9.94. The number of amides is 3. The molecule has 1 aliphatic rings. The summed E-state index contributed by atoms with van der Waals surface area (Å²) in [5.41, 5.74) is 3.01. The minimum Gasteiger partial charge on any atom is -0.503 e. The van der Waals surface area contributed by atoms with Crippen LogP contribution in [0.4, 0.5) is 10.5 Å². The van der Waals surface area contributed by atoms with Crippen LogP contribution in [0.5, 0.6) is 11.5 Å². The average Bonchev–Trinajstić information content (AvgIpc) is 2.65. The maximum atomic E-state index is 13.1. The molecule has 7 nitrogen and oxygen atoms in total. The van der Waals surface area contributed by atoms with E-state index in [0.29, 0.717) is 27.0 Å². The smallest absolute Gasteiger partial charge is 0.319 e. The molecule has 146 valence electrons. The van der Waals surface area contributed by atoms with Gasteiger partial charge in [0.15, 0.2) is 11.5 Å². The second kappa shape index (κ2) is 7.93. The molecule has 2 aromatic rings. The molecule has 0 bridgehead atoms. The fourth-order valence-electron chi connectivity index (χ4n) is 3.06. The number of methoxy groups -OCH3 is 1. The van der Waals surface area contributed by atoms with Crippen LogP contribution < -0.4 is 20.7 Å². The van der Waals surface area contributed by atoms with Crippen molar-refractivity contribution < 1.29 is 19.4 Å². The van der Waals surface area contributed by atoms with E-state index in [4.69, 9.17) is 4.74 Å². The molecule has 0 unspecified atom stereocenters. The number of hydrogen-bond acceptors (Lipinski definition) is 4. The van der Waals surface area contributed by atoms with Gasteiger partial charge in [0.25, 0.3) is 5.91 Å². The lowest BCUT2D eigenvalue weighted by Crippen LogP contribution is -2.46. The topological polar surface area (TPSA) is 99.7 Å². The fraction of sp³-hybridized carbons (Fsp3) is 0.200. The van der Waals surface area contributed by atoms with E-state index in [1.807, 2.05) is 31.2 Å². The highest BCUT2D eigenvalue weighted by Gasteiger charge is 2.32. The van der Waals surface area contributed by atoms with Gasteiger partial charge in [-0.25, -0.2) is 4.79 Å². The van der Waals surface area contributed by atoms with Crippen molar-refractivity contribution in [2.45, 2.75) is 19.9 Å². The zero-order chi connectivity index (χ0) is 20.4. The van der Waals surface area contributed by atoms with Gasteiger partial charge in [-0.3, -0.25) is 4.79 Å². The number of rotatable bonds is 4. The number of hydrogen-bond donors (Lipinski definition) is 4. The minimum atomic E-state index is -0.719. The van der Waals surface area contributed by atoms with Crippen LogP contribution in [-0.2, 0) is 4.79 Å². The third-order valence-corrected chi connectivity index (χ3v) is 5.12. The summed E-state index contributed by atoms with van der Waals surface area (Å²) < 4.78 is 5.59. The van der Waals surface area contributed by atoms with Gasteiger partial charge in [0.2, 0.25) is 0 Å². The molecule has 0 saturated heterocycles. The number of carbonyl (C=O) groups is 2. The molecule has 1 aliphatic heterocycles. The molecule has 4 N–H and O–H groups in total. The number of aromatic hydroxyl groups is 1. The van der Waals surface area contributed by atoms with Gasteiger partial charge >= 0.3 is 6.03 Å². The number of benzene rings is 2. The number of anilines is 1. The molecule has 0 aromatic heterocycles. The Balaban J connectivity index is 2.03. The quantitative estimate of drug-likeness (QED) is 0.575. The molecule has 3 rings (SSSR count). The molecule has 1 atom stereocenters. The second-order valence-corrected chi connectivity index (χ2v) is 7.25. The SMILES string of the molecule is COc1cc([C@@H]2NC(=O)NC(C)=C2C(=O)Nc2ccccc2C)cc(Br)c1O. The molecular formula is C20H20BrN3O4. The maximum absolute atomic E-state index is 13.1.